The molecule has 1 aromatic rings. The van der Waals surface area contributed by atoms with E-state index in [1.54, 1.807) is 12.5 Å². The van der Waals surface area contributed by atoms with Gasteiger partial charge in [0.2, 0.25) is 5.95 Å². The Hall–Kier alpha value is -0.840. The van der Waals surface area contributed by atoms with E-state index in [0.717, 1.165) is 25.5 Å². The average Bonchev–Trinajstić information content (AvgIpc) is 2.63. The van der Waals surface area contributed by atoms with Gasteiger partial charge in [0.15, 0.2) is 0 Å². The summed E-state index contributed by atoms with van der Waals surface area (Å²) in [4.78, 5) is 4.22. The Morgan fingerprint density at radius 1 is 1.60 bits per heavy atom. The van der Waals surface area contributed by atoms with Crippen molar-refractivity contribution in [3.63, 3.8) is 0 Å². The third-order valence-corrected chi connectivity index (χ3v) is 2.91. The first-order chi connectivity index (χ1) is 7.24. The number of unbranched alkanes of at least 4 members (excludes halogenated alkanes) is 1. The second-order valence-electron chi connectivity index (χ2n) is 3.50. The first-order valence-corrected chi connectivity index (χ1v) is 7.01. The van der Waals surface area contributed by atoms with Crippen molar-refractivity contribution in [2.45, 2.75) is 26.3 Å². The van der Waals surface area contributed by atoms with Crippen molar-refractivity contribution in [2.24, 2.45) is 0 Å². The summed E-state index contributed by atoms with van der Waals surface area (Å²) in [5, 5.41) is 3.27. The van der Waals surface area contributed by atoms with Gasteiger partial charge < -0.3 is 9.88 Å². The molecule has 1 rings (SSSR count). The summed E-state index contributed by atoms with van der Waals surface area (Å²) in [5.74, 6) is 1.56. The third kappa shape index (κ3) is 4.46. The average molecular weight is 229 g/mol. The molecule has 0 spiro atoms. The number of hydrogen-bond acceptors (Lipinski definition) is 3. The highest BCUT2D eigenvalue weighted by molar-refractivity contribution is 7.84. The highest BCUT2D eigenvalue weighted by Crippen LogP contribution is 2.04. The van der Waals surface area contributed by atoms with Crippen LogP contribution in [0.2, 0.25) is 0 Å². The first kappa shape index (κ1) is 12.2. The number of nitrogens with zero attached hydrogens (tertiary/aromatic N) is 2. The minimum Gasteiger partial charge on any atom is -0.356 e. The largest absolute Gasteiger partial charge is 0.356 e. The number of nitrogens with one attached hydrogen (secondary N) is 1. The zero-order valence-electron chi connectivity index (χ0n) is 9.40. The monoisotopic (exact) mass is 229 g/mol. The quantitative estimate of drug-likeness (QED) is 0.720. The van der Waals surface area contributed by atoms with Crippen molar-refractivity contribution >= 4 is 16.7 Å². The molecule has 0 aliphatic rings. The molecule has 1 atom stereocenters. The lowest BCUT2D eigenvalue weighted by molar-refractivity contribution is 0.677. The van der Waals surface area contributed by atoms with Crippen molar-refractivity contribution in [3.05, 3.63) is 12.4 Å². The molecular weight excluding hydrogens is 210 g/mol. The number of hydrogen-bond donors (Lipinski definition) is 1. The van der Waals surface area contributed by atoms with E-state index in [4.69, 9.17) is 0 Å². The number of aromatic nitrogens is 2. The molecule has 0 bridgehead atoms. The molecule has 0 saturated carbocycles. The number of anilines is 1. The molecule has 0 aromatic carbocycles. The fourth-order valence-corrected chi connectivity index (χ4v) is 1.71. The SMILES string of the molecule is CCCCNc1nccn1CCS(C)=O. The Kier molecular flexibility index (Phi) is 5.39. The highest BCUT2D eigenvalue weighted by atomic mass is 32.2. The van der Waals surface area contributed by atoms with Crippen LogP contribution in [0, 0.1) is 0 Å². The van der Waals surface area contributed by atoms with E-state index >= 15 is 0 Å². The summed E-state index contributed by atoms with van der Waals surface area (Å²) in [6.45, 7) is 3.87. The number of rotatable bonds is 7. The van der Waals surface area contributed by atoms with Gasteiger partial charge in [0.05, 0.1) is 0 Å². The maximum atomic E-state index is 11.0. The van der Waals surface area contributed by atoms with Crippen LogP contribution in [0.4, 0.5) is 5.95 Å². The molecule has 0 aliphatic heterocycles. The zero-order chi connectivity index (χ0) is 11.1. The Morgan fingerprint density at radius 2 is 2.40 bits per heavy atom. The van der Waals surface area contributed by atoms with Gasteiger partial charge in [-0.15, -0.1) is 0 Å². The molecule has 0 saturated heterocycles. The molecule has 0 radical (unpaired) electrons. The van der Waals surface area contributed by atoms with Gasteiger partial charge >= 0.3 is 0 Å². The Balaban J connectivity index is 2.42. The van der Waals surface area contributed by atoms with Crippen molar-refractivity contribution in [2.75, 3.05) is 23.9 Å². The molecular formula is C10H19N3OS. The van der Waals surface area contributed by atoms with Gasteiger partial charge in [0.25, 0.3) is 0 Å². The van der Waals surface area contributed by atoms with Crippen LogP contribution in [0.15, 0.2) is 12.4 Å². The van der Waals surface area contributed by atoms with Gasteiger partial charge in [-0.05, 0) is 6.42 Å². The molecule has 0 aliphatic carbocycles. The fourth-order valence-electron chi connectivity index (χ4n) is 1.26. The van der Waals surface area contributed by atoms with Gasteiger partial charge in [0, 0.05) is 48.3 Å². The van der Waals surface area contributed by atoms with E-state index in [2.05, 4.69) is 17.2 Å². The molecule has 86 valence electrons. The van der Waals surface area contributed by atoms with E-state index in [9.17, 15) is 4.21 Å². The lowest BCUT2D eigenvalue weighted by Gasteiger charge is -2.08. The van der Waals surface area contributed by atoms with E-state index in [0.29, 0.717) is 5.75 Å². The smallest absolute Gasteiger partial charge is 0.202 e. The second kappa shape index (κ2) is 6.61. The predicted molar refractivity (Wildman–Crippen MR) is 64.6 cm³/mol. The summed E-state index contributed by atoms with van der Waals surface area (Å²) in [6, 6.07) is 0. The van der Waals surface area contributed by atoms with Gasteiger partial charge in [-0.2, -0.15) is 0 Å². The van der Waals surface area contributed by atoms with Crippen LogP contribution in [-0.4, -0.2) is 32.3 Å². The molecule has 0 amide bonds. The maximum Gasteiger partial charge on any atom is 0.202 e. The van der Waals surface area contributed by atoms with Crippen LogP contribution in [-0.2, 0) is 17.3 Å². The topological polar surface area (TPSA) is 46.9 Å². The van der Waals surface area contributed by atoms with E-state index < -0.39 is 10.8 Å². The zero-order valence-corrected chi connectivity index (χ0v) is 10.2. The minimum absolute atomic E-state index is 0.679. The maximum absolute atomic E-state index is 11.0. The number of imidazole rings is 1. The van der Waals surface area contributed by atoms with Gasteiger partial charge in [-0.25, -0.2) is 4.98 Å². The molecule has 1 unspecified atom stereocenters. The van der Waals surface area contributed by atoms with Crippen molar-refractivity contribution in [1.82, 2.24) is 9.55 Å². The van der Waals surface area contributed by atoms with Crippen molar-refractivity contribution < 1.29 is 4.21 Å². The Morgan fingerprint density at radius 3 is 3.07 bits per heavy atom. The van der Waals surface area contributed by atoms with E-state index in [1.165, 1.54) is 6.42 Å². The van der Waals surface area contributed by atoms with Crippen molar-refractivity contribution in [3.8, 4) is 0 Å². The Bertz CT molecular complexity index is 311. The van der Waals surface area contributed by atoms with Crippen LogP contribution in [0.25, 0.3) is 0 Å². The van der Waals surface area contributed by atoms with Crippen molar-refractivity contribution in [1.29, 1.82) is 0 Å². The highest BCUT2D eigenvalue weighted by Gasteiger charge is 2.01. The molecule has 4 nitrogen and oxygen atoms in total. The normalized spacial score (nSPS) is 12.7. The van der Waals surface area contributed by atoms with Gasteiger partial charge in [0.1, 0.15) is 0 Å². The molecule has 0 fully saturated rings. The van der Waals surface area contributed by atoms with Crippen LogP contribution < -0.4 is 5.32 Å². The summed E-state index contributed by atoms with van der Waals surface area (Å²) < 4.78 is 13.0. The van der Waals surface area contributed by atoms with Crippen LogP contribution >= 0.6 is 0 Å². The second-order valence-corrected chi connectivity index (χ2v) is 5.06. The standard InChI is InChI=1S/C10H19N3OS/c1-3-4-5-11-10-12-6-7-13(10)8-9-15(2)14/h6-7H,3-5,8-9H2,1-2H3,(H,11,12). The molecule has 5 heteroatoms. The summed E-state index contributed by atoms with van der Waals surface area (Å²) >= 11 is 0. The molecule has 1 aromatic heterocycles. The fraction of sp³-hybridized carbons (Fsp3) is 0.700. The summed E-state index contributed by atoms with van der Waals surface area (Å²) in [7, 11) is -0.742. The lowest BCUT2D eigenvalue weighted by atomic mass is 10.3. The van der Waals surface area contributed by atoms with Crippen LogP contribution in [0.5, 0.6) is 0 Å². The molecule has 15 heavy (non-hydrogen) atoms. The summed E-state index contributed by atoms with van der Waals surface area (Å²) in [6.07, 6.45) is 7.73. The lowest BCUT2D eigenvalue weighted by Crippen LogP contribution is -2.11. The summed E-state index contributed by atoms with van der Waals surface area (Å²) in [5.41, 5.74) is 0. The molecule has 1 N–H and O–H groups in total. The third-order valence-electron chi connectivity index (χ3n) is 2.15. The van der Waals surface area contributed by atoms with Gasteiger partial charge in [-0.1, -0.05) is 13.3 Å². The van der Waals surface area contributed by atoms with E-state index in [1.807, 2.05) is 10.8 Å². The predicted octanol–water partition coefficient (Wildman–Crippen LogP) is 1.47. The van der Waals surface area contributed by atoms with Crippen LogP contribution in [0.1, 0.15) is 19.8 Å². The Labute approximate surface area is 93.5 Å². The van der Waals surface area contributed by atoms with E-state index in [-0.39, 0.29) is 0 Å². The molecule has 1 heterocycles. The van der Waals surface area contributed by atoms with Gasteiger partial charge in [-0.3, -0.25) is 4.21 Å². The number of aryl methyl sites for hydroxylation is 1. The minimum atomic E-state index is -0.742. The van der Waals surface area contributed by atoms with Crippen LogP contribution in [0.3, 0.4) is 0 Å². The first-order valence-electron chi connectivity index (χ1n) is 5.29.